The van der Waals surface area contributed by atoms with Crippen LogP contribution in [0.1, 0.15) is 30.2 Å². The molecule has 0 bridgehead atoms. The minimum Gasteiger partial charge on any atom is -0.496 e. The molecule has 100 valence electrons. The molecule has 0 aromatic carbocycles. The second kappa shape index (κ2) is 7.11. The van der Waals surface area contributed by atoms with Gasteiger partial charge in [0, 0.05) is 36.7 Å². The third kappa shape index (κ3) is 3.81. The van der Waals surface area contributed by atoms with Gasteiger partial charge in [0.2, 0.25) is 0 Å². The molecular weight excluding hydrogens is 228 g/mol. The third-order valence-electron chi connectivity index (χ3n) is 2.95. The summed E-state index contributed by atoms with van der Waals surface area (Å²) < 4.78 is 5.33. The molecule has 1 N–H and O–H groups in total. The number of aromatic nitrogens is 1. The Hall–Kier alpha value is -1.42. The van der Waals surface area contributed by atoms with Gasteiger partial charge in [0.1, 0.15) is 11.5 Å². The molecule has 0 amide bonds. The molecule has 1 aromatic heterocycles. The van der Waals surface area contributed by atoms with Crippen molar-refractivity contribution in [1.29, 1.82) is 0 Å². The van der Waals surface area contributed by atoms with Crippen molar-refractivity contribution in [3.63, 3.8) is 0 Å². The largest absolute Gasteiger partial charge is 0.496 e. The number of aryl methyl sites for hydroxylation is 1. The zero-order valence-corrected chi connectivity index (χ0v) is 11.7. The third-order valence-corrected chi connectivity index (χ3v) is 2.95. The molecule has 4 heteroatoms. The van der Waals surface area contributed by atoms with Crippen LogP contribution < -0.4 is 10.1 Å². The van der Waals surface area contributed by atoms with E-state index in [1.807, 2.05) is 20.8 Å². The molecule has 0 aliphatic heterocycles. The fourth-order valence-corrected chi connectivity index (χ4v) is 1.93. The monoisotopic (exact) mass is 250 g/mol. The lowest BCUT2D eigenvalue weighted by atomic mass is 10.1. The van der Waals surface area contributed by atoms with E-state index in [9.17, 15) is 4.79 Å². The average Bonchev–Trinajstić information content (AvgIpc) is 2.34. The SMILES string of the molecule is CCNCCC(=O)Cc1ncc(C)c(OC)c1C. The van der Waals surface area contributed by atoms with Crippen LogP contribution in [0, 0.1) is 13.8 Å². The number of hydrogen-bond donors (Lipinski definition) is 1. The van der Waals surface area contributed by atoms with E-state index < -0.39 is 0 Å². The molecule has 0 saturated carbocycles. The van der Waals surface area contributed by atoms with Gasteiger partial charge in [-0.2, -0.15) is 0 Å². The fourth-order valence-electron chi connectivity index (χ4n) is 1.93. The Morgan fingerprint density at radius 2 is 2.17 bits per heavy atom. The number of nitrogens with one attached hydrogen (secondary N) is 1. The first-order valence-electron chi connectivity index (χ1n) is 6.31. The van der Waals surface area contributed by atoms with E-state index in [0.29, 0.717) is 12.8 Å². The predicted molar refractivity (Wildman–Crippen MR) is 72.1 cm³/mol. The first-order chi connectivity index (χ1) is 8.60. The molecule has 1 rings (SSSR count). The Morgan fingerprint density at radius 3 is 2.78 bits per heavy atom. The van der Waals surface area contributed by atoms with Crippen molar-refractivity contribution in [1.82, 2.24) is 10.3 Å². The van der Waals surface area contributed by atoms with Crippen LogP contribution in [0.2, 0.25) is 0 Å². The lowest BCUT2D eigenvalue weighted by Crippen LogP contribution is -2.19. The first-order valence-corrected chi connectivity index (χ1v) is 6.31. The molecule has 0 atom stereocenters. The number of carbonyl (C=O) groups excluding carboxylic acids is 1. The predicted octanol–water partition coefficient (Wildman–Crippen LogP) is 1.82. The fraction of sp³-hybridized carbons (Fsp3) is 0.571. The van der Waals surface area contributed by atoms with E-state index in [2.05, 4.69) is 10.3 Å². The van der Waals surface area contributed by atoms with Gasteiger partial charge in [0.15, 0.2) is 0 Å². The van der Waals surface area contributed by atoms with Gasteiger partial charge in [0.05, 0.1) is 12.8 Å². The number of nitrogens with zero attached hydrogens (tertiary/aromatic N) is 1. The molecule has 1 aromatic rings. The van der Waals surface area contributed by atoms with E-state index in [1.54, 1.807) is 13.3 Å². The van der Waals surface area contributed by atoms with Crippen LogP contribution in [-0.4, -0.2) is 31.0 Å². The van der Waals surface area contributed by atoms with Gasteiger partial charge in [-0.05, 0) is 20.4 Å². The van der Waals surface area contributed by atoms with Gasteiger partial charge in [-0.3, -0.25) is 9.78 Å². The van der Waals surface area contributed by atoms with Crippen LogP contribution in [0.4, 0.5) is 0 Å². The topological polar surface area (TPSA) is 51.2 Å². The highest BCUT2D eigenvalue weighted by atomic mass is 16.5. The Bertz CT molecular complexity index is 417. The number of Topliss-reactive ketones (excluding diaryl/α,β-unsaturated/α-hetero) is 1. The zero-order valence-electron chi connectivity index (χ0n) is 11.7. The Balaban J connectivity index is 2.70. The average molecular weight is 250 g/mol. The summed E-state index contributed by atoms with van der Waals surface area (Å²) in [5.74, 6) is 1.04. The van der Waals surface area contributed by atoms with Crippen molar-refractivity contribution < 1.29 is 9.53 Å². The second-order valence-electron chi connectivity index (χ2n) is 4.37. The molecule has 0 fully saturated rings. The Labute approximate surface area is 109 Å². The molecule has 0 radical (unpaired) electrons. The number of rotatable bonds is 7. The highest BCUT2D eigenvalue weighted by Crippen LogP contribution is 2.24. The summed E-state index contributed by atoms with van der Waals surface area (Å²) in [6.07, 6.45) is 2.69. The van der Waals surface area contributed by atoms with E-state index in [1.165, 1.54) is 0 Å². The molecule has 0 aliphatic carbocycles. The highest BCUT2D eigenvalue weighted by Gasteiger charge is 2.12. The van der Waals surface area contributed by atoms with Gasteiger partial charge < -0.3 is 10.1 Å². The smallest absolute Gasteiger partial charge is 0.140 e. The van der Waals surface area contributed by atoms with Crippen LogP contribution in [-0.2, 0) is 11.2 Å². The van der Waals surface area contributed by atoms with Crippen LogP contribution >= 0.6 is 0 Å². The van der Waals surface area contributed by atoms with E-state index in [0.717, 1.165) is 35.7 Å². The van der Waals surface area contributed by atoms with Crippen LogP contribution in [0.15, 0.2) is 6.20 Å². The molecule has 4 nitrogen and oxygen atoms in total. The van der Waals surface area contributed by atoms with Crippen LogP contribution in [0.3, 0.4) is 0 Å². The maximum absolute atomic E-state index is 11.8. The summed E-state index contributed by atoms with van der Waals surface area (Å²) in [5, 5.41) is 3.15. The van der Waals surface area contributed by atoms with Crippen molar-refractivity contribution in [2.24, 2.45) is 0 Å². The van der Waals surface area contributed by atoms with Crippen molar-refractivity contribution in [3.8, 4) is 5.75 Å². The number of carbonyl (C=O) groups is 1. The standard InChI is InChI=1S/C14H22N2O2/c1-5-15-7-6-12(17)8-13-11(3)14(18-4)10(2)9-16-13/h9,15H,5-8H2,1-4H3. The van der Waals surface area contributed by atoms with Crippen molar-refractivity contribution in [2.45, 2.75) is 33.6 Å². The molecular formula is C14H22N2O2. The number of ether oxygens (including phenoxy) is 1. The van der Waals surface area contributed by atoms with Gasteiger partial charge in [-0.15, -0.1) is 0 Å². The molecule has 0 unspecified atom stereocenters. The number of methoxy groups -OCH3 is 1. The number of hydrogen-bond acceptors (Lipinski definition) is 4. The minimum absolute atomic E-state index is 0.206. The van der Waals surface area contributed by atoms with Crippen LogP contribution in [0.5, 0.6) is 5.75 Å². The molecule has 1 heterocycles. The van der Waals surface area contributed by atoms with Crippen molar-refractivity contribution in [3.05, 3.63) is 23.0 Å². The number of ketones is 1. The summed E-state index contributed by atoms with van der Waals surface area (Å²) in [6, 6.07) is 0. The lowest BCUT2D eigenvalue weighted by molar-refractivity contribution is -0.118. The summed E-state index contributed by atoms with van der Waals surface area (Å²) in [7, 11) is 1.64. The normalized spacial score (nSPS) is 10.4. The van der Waals surface area contributed by atoms with E-state index in [4.69, 9.17) is 4.74 Å². The maximum Gasteiger partial charge on any atom is 0.140 e. The van der Waals surface area contributed by atoms with Gasteiger partial charge >= 0.3 is 0 Å². The quantitative estimate of drug-likeness (QED) is 0.750. The van der Waals surface area contributed by atoms with E-state index in [-0.39, 0.29) is 5.78 Å². The first kappa shape index (κ1) is 14.6. The van der Waals surface area contributed by atoms with Gasteiger partial charge in [-0.1, -0.05) is 6.92 Å². The summed E-state index contributed by atoms with van der Waals surface area (Å²) >= 11 is 0. The molecule has 18 heavy (non-hydrogen) atoms. The summed E-state index contributed by atoms with van der Waals surface area (Å²) in [6.45, 7) is 7.56. The van der Waals surface area contributed by atoms with E-state index >= 15 is 0 Å². The number of pyridine rings is 1. The van der Waals surface area contributed by atoms with Gasteiger partial charge in [0.25, 0.3) is 0 Å². The Kier molecular flexibility index (Phi) is 5.78. The zero-order chi connectivity index (χ0) is 13.5. The van der Waals surface area contributed by atoms with Crippen molar-refractivity contribution in [2.75, 3.05) is 20.2 Å². The van der Waals surface area contributed by atoms with Gasteiger partial charge in [-0.25, -0.2) is 0 Å². The summed E-state index contributed by atoms with van der Waals surface area (Å²) in [4.78, 5) is 16.1. The van der Waals surface area contributed by atoms with Crippen LogP contribution in [0.25, 0.3) is 0 Å². The summed E-state index contributed by atoms with van der Waals surface area (Å²) in [5.41, 5.74) is 2.78. The lowest BCUT2D eigenvalue weighted by Gasteiger charge is -2.11. The molecule has 0 spiro atoms. The second-order valence-corrected chi connectivity index (χ2v) is 4.37. The maximum atomic E-state index is 11.8. The molecule has 0 saturated heterocycles. The Morgan fingerprint density at radius 1 is 1.44 bits per heavy atom. The minimum atomic E-state index is 0.206. The van der Waals surface area contributed by atoms with Crippen molar-refractivity contribution >= 4 is 5.78 Å². The highest BCUT2D eigenvalue weighted by molar-refractivity contribution is 5.81. The molecule has 0 aliphatic rings.